The van der Waals surface area contributed by atoms with Crippen LogP contribution >= 0.6 is 0 Å². The summed E-state index contributed by atoms with van der Waals surface area (Å²) in [4.78, 5) is 22.7. The number of carbonyl (C=O) groups is 1. The number of nitro benzene ring substituents is 1. The van der Waals surface area contributed by atoms with E-state index in [2.05, 4.69) is 17.6 Å². The fraction of sp³-hybridized carbons (Fsp3) is 0.533. The van der Waals surface area contributed by atoms with Gasteiger partial charge < -0.3 is 10.6 Å². The first-order valence-corrected chi connectivity index (χ1v) is 7.24. The number of piperidine rings is 1. The first kappa shape index (κ1) is 15.4. The number of nitrogens with one attached hydrogen (secondary N) is 2. The Balaban J connectivity index is 2.01. The molecule has 1 saturated heterocycles. The third-order valence-corrected chi connectivity index (χ3v) is 4.12. The lowest BCUT2D eigenvalue weighted by molar-refractivity contribution is -0.385. The molecule has 2 rings (SSSR count). The van der Waals surface area contributed by atoms with Gasteiger partial charge in [0.1, 0.15) is 0 Å². The van der Waals surface area contributed by atoms with Gasteiger partial charge in [-0.2, -0.15) is 0 Å². The molecule has 6 heteroatoms. The third-order valence-electron chi connectivity index (χ3n) is 4.12. The minimum absolute atomic E-state index is 0.0342. The van der Waals surface area contributed by atoms with E-state index in [9.17, 15) is 14.9 Å². The fourth-order valence-electron chi connectivity index (χ4n) is 2.75. The van der Waals surface area contributed by atoms with Crippen molar-refractivity contribution >= 4 is 11.6 Å². The van der Waals surface area contributed by atoms with Crippen molar-refractivity contribution in [3.8, 4) is 0 Å². The predicted molar refractivity (Wildman–Crippen MR) is 79.9 cm³/mol. The van der Waals surface area contributed by atoms with Gasteiger partial charge >= 0.3 is 0 Å². The zero-order valence-corrected chi connectivity index (χ0v) is 12.4. The average molecular weight is 291 g/mol. The molecule has 21 heavy (non-hydrogen) atoms. The summed E-state index contributed by atoms with van der Waals surface area (Å²) in [6.45, 7) is 4.95. The largest absolute Gasteiger partial charge is 0.351 e. The molecule has 2 atom stereocenters. The lowest BCUT2D eigenvalue weighted by atomic mass is 9.92. The highest BCUT2D eigenvalue weighted by Crippen LogP contribution is 2.21. The Bertz CT molecular complexity index is 545. The normalized spacial score (nSPS) is 21.8. The summed E-state index contributed by atoms with van der Waals surface area (Å²) in [5.41, 5.74) is 1.47. The van der Waals surface area contributed by atoms with Gasteiger partial charge in [0.15, 0.2) is 0 Å². The van der Waals surface area contributed by atoms with Gasteiger partial charge in [-0.3, -0.25) is 14.9 Å². The van der Waals surface area contributed by atoms with Crippen molar-refractivity contribution in [2.24, 2.45) is 5.92 Å². The minimum Gasteiger partial charge on any atom is -0.351 e. The monoisotopic (exact) mass is 291 g/mol. The van der Waals surface area contributed by atoms with Gasteiger partial charge in [0.2, 0.25) is 5.91 Å². The highest BCUT2D eigenvalue weighted by atomic mass is 16.6. The topological polar surface area (TPSA) is 84.3 Å². The van der Waals surface area contributed by atoms with E-state index < -0.39 is 4.92 Å². The standard InChI is InChI=1S/C15H21N3O3/c1-10-5-4-8-16-14(10)15(19)17-9-12-6-3-7-13(11(12)2)18(20)21/h3,6-7,10,14,16H,4-5,8-9H2,1-2H3,(H,17,19). The maximum absolute atomic E-state index is 12.2. The summed E-state index contributed by atoms with van der Waals surface area (Å²) in [6.07, 6.45) is 2.13. The number of benzene rings is 1. The first-order valence-electron chi connectivity index (χ1n) is 7.24. The lowest BCUT2D eigenvalue weighted by Crippen LogP contribution is -2.50. The van der Waals surface area contributed by atoms with Crippen LogP contribution in [0.2, 0.25) is 0 Å². The van der Waals surface area contributed by atoms with Gasteiger partial charge in [0.25, 0.3) is 5.69 Å². The molecule has 0 spiro atoms. The Kier molecular flexibility index (Phi) is 4.90. The second-order valence-electron chi connectivity index (χ2n) is 5.59. The van der Waals surface area contributed by atoms with E-state index in [4.69, 9.17) is 0 Å². The smallest absolute Gasteiger partial charge is 0.272 e. The van der Waals surface area contributed by atoms with Crippen LogP contribution in [0, 0.1) is 23.0 Å². The predicted octanol–water partition coefficient (Wildman–Crippen LogP) is 1.91. The van der Waals surface area contributed by atoms with Crippen molar-refractivity contribution < 1.29 is 9.72 Å². The zero-order valence-electron chi connectivity index (χ0n) is 12.4. The number of rotatable bonds is 4. The summed E-state index contributed by atoms with van der Waals surface area (Å²) >= 11 is 0. The molecule has 1 amide bonds. The van der Waals surface area contributed by atoms with Crippen LogP contribution in [0.3, 0.4) is 0 Å². The fourth-order valence-corrected chi connectivity index (χ4v) is 2.75. The summed E-state index contributed by atoms with van der Waals surface area (Å²) in [6, 6.07) is 4.76. The molecular weight excluding hydrogens is 270 g/mol. The van der Waals surface area contributed by atoms with E-state index in [1.165, 1.54) is 6.07 Å². The van der Waals surface area contributed by atoms with Crippen LogP contribution < -0.4 is 10.6 Å². The van der Waals surface area contributed by atoms with Gasteiger partial charge in [0.05, 0.1) is 11.0 Å². The molecule has 0 aliphatic carbocycles. The molecular formula is C15H21N3O3. The molecule has 1 aliphatic rings. The van der Waals surface area contributed by atoms with E-state index in [0.29, 0.717) is 18.0 Å². The summed E-state index contributed by atoms with van der Waals surface area (Å²) in [5.74, 6) is 0.276. The Morgan fingerprint density at radius 2 is 2.29 bits per heavy atom. The number of hydrogen-bond donors (Lipinski definition) is 2. The molecule has 0 bridgehead atoms. The van der Waals surface area contributed by atoms with Crippen molar-refractivity contribution in [3.05, 3.63) is 39.4 Å². The van der Waals surface area contributed by atoms with Crippen LogP contribution in [0.1, 0.15) is 30.9 Å². The maximum atomic E-state index is 12.2. The van der Waals surface area contributed by atoms with Gasteiger partial charge in [-0.25, -0.2) is 0 Å². The molecule has 0 saturated carbocycles. The Morgan fingerprint density at radius 3 is 2.95 bits per heavy atom. The van der Waals surface area contributed by atoms with Crippen molar-refractivity contribution in [2.75, 3.05) is 6.54 Å². The first-order chi connectivity index (χ1) is 10.0. The molecule has 2 N–H and O–H groups in total. The minimum atomic E-state index is -0.397. The molecule has 6 nitrogen and oxygen atoms in total. The molecule has 1 fully saturated rings. The van der Waals surface area contributed by atoms with Crippen LogP contribution in [-0.4, -0.2) is 23.4 Å². The van der Waals surface area contributed by atoms with Crippen LogP contribution in [0.5, 0.6) is 0 Å². The average Bonchev–Trinajstić information content (AvgIpc) is 2.46. The summed E-state index contributed by atoms with van der Waals surface area (Å²) in [5, 5.41) is 17.0. The Labute approximate surface area is 124 Å². The number of carbonyl (C=O) groups excluding carboxylic acids is 1. The third kappa shape index (κ3) is 3.58. The number of hydrogen-bond acceptors (Lipinski definition) is 4. The number of amides is 1. The highest BCUT2D eigenvalue weighted by molar-refractivity contribution is 5.82. The highest BCUT2D eigenvalue weighted by Gasteiger charge is 2.27. The second kappa shape index (κ2) is 6.67. The van der Waals surface area contributed by atoms with E-state index in [1.807, 2.05) is 0 Å². The Morgan fingerprint density at radius 1 is 1.52 bits per heavy atom. The SMILES string of the molecule is Cc1c(CNC(=O)C2NCCCC2C)cccc1[N+](=O)[O-]. The molecule has 1 aromatic carbocycles. The molecule has 1 aromatic rings. The molecule has 114 valence electrons. The van der Waals surface area contributed by atoms with Gasteiger partial charge in [-0.1, -0.05) is 19.1 Å². The summed E-state index contributed by atoms with van der Waals surface area (Å²) in [7, 11) is 0. The molecule has 0 aromatic heterocycles. The second-order valence-corrected chi connectivity index (χ2v) is 5.59. The quantitative estimate of drug-likeness (QED) is 0.655. The van der Waals surface area contributed by atoms with Crippen LogP contribution in [-0.2, 0) is 11.3 Å². The van der Waals surface area contributed by atoms with E-state index in [-0.39, 0.29) is 17.6 Å². The number of nitro groups is 1. The van der Waals surface area contributed by atoms with Gasteiger partial charge in [-0.15, -0.1) is 0 Å². The molecule has 1 heterocycles. The zero-order chi connectivity index (χ0) is 15.4. The Hall–Kier alpha value is -1.95. The van der Waals surface area contributed by atoms with E-state index in [1.54, 1.807) is 19.1 Å². The summed E-state index contributed by atoms with van der Waals surface area (Å²) < 4.78 is 0. The van der Waals surface area contributed by atoms with E-state index >= 15 is 0 Å². The van der Waals surface area contributed by atoms with Gasteiger partial charge in [0, 0.05) is 18.2 Å². The van der Waals surface area contributed by atoms with Crippen LogP contribution in [0.15, 0.2) is 18.2 Å². The van der Waals surface area contributed by atoms with E-state index in [0.717, 1.165) is 24.9 Å². The van der Waals surface area contributed by atoms with Crippen molar-refractivity contribution in [2.45, 2.75) is 39.3 Å². The van der Waals surface area contributed by atoms with Gasteiger partial charge in [-0.05, 0) is 37.8 Å². The van der Waals surface area contributed by atoms with Crippen LogP contribution in [0.4, 0.5) is 5.69 Å². The lowest BCUT2D eigenvalue weighted by Gasteiger charge is -2.29. The van der Waals surface area contributed by atoms with Crippen LogP contribution in [0.25, 0.3) is 0 Å². The number of nitrogens with zero attached hydrogens (tertiary/aromatic N) is 1. The van der Waals surface area contributed by atoms with Crippen molar-refractivity contribution in [3.63, 3.8) is 0 Å². The molecule has 0 radical (unpaired) electrons. The van der Waals surface area contributed by atoms with Crippen molar-refractivity contribution in [1.82, 2.24) is 10.6 Å². The molecule has 1 aliphatic heterocycles. The maximum Gasteiger partial charge on any atom is 0.272 e. The van der Waals surface area contributed by atoms with Crippen molar-refractivity contribution in [1.29, 1.82) is 0 Å². The molecule has 2 unspecified atom stereocenters.